The molecule has 0 aliphatic heterocycles. The molecule has 0 rings (SSSR count). The summed E-state index contributed by atoms with van der Waals surface area (Å²) in [6.45, 7) is 4.97. The van der Waals surface area contributed by atoms with E-state index in [4.69, 9.17) is 0 Å². The molecule has 2 nitrogen and oxygen atoms in total. The lowest BCUT2D eigenvalue weighted by Crippen LogP contribution is -2.23. The van der Waals surface area contributed by atoms with Crippen LogP contribution in [0.3, 0.4) is 0 Å². The molecule has 0 atom stereocenters. The highest BCUT2D eigenvalue weighted by molar-refractivity contribution is 5.85. The lowest BCUT2D eigenvalue weighted by atomic mass is 10.2. The van der Waals surface area contributed by atoms with Gasteiger partial charge in [0.15, 0.2) is 0 Å². The average Bonchev–Trinajstić information content (AvgIpc) is 1.85. The Labute approximate surface area is 68.0 Å². The van der Waals surface area contributed by atoms with Crippen LogP contribution in [-0.4, -0.2) is 18.6 Å². The van der Waals surface area contributed by atoms with E-state index < -0.39 is 18.4 Å². The molecule has 0 amide bonds. The molecule has 0 saturated carbocycles. The summed E-state index contributed by atoms with van der Waals surface area (Å²) in [5.41, 5.74) is 0. The van der Waals surface area contributed by atoms with E-state index in [1.807, 2.05) is 0 Å². The highest BCUT2D eigenvalue weighted by Crippen LogP contribution is 2.19. The Balaban J connectivity index is 3.94. The number of allylic oxidation sites excluding steroid dienone is 1. The Morgan fingerprint density at radius 3 is 2.33 bits per heavy atom. The zero-order valence-corrected chi connectivity index (χ0v) is 6.57. The van der Waals surface area contributed by atoms with Crippen molar-refractivity contribution in [2.24, 2.45) is 0 Å². The Kier molecular flexibility index (Phi) is 3.79. The lowest BCUT2D eigenvalue weighted by Gasteiger charge is -2.07. The Hall–Kier alpha value is -1.00. The molecule has 0 bridgehead atoms. The summed E-state index contributed by atoms with van der Waals surface area (Å²) in [6.07, 6.45) is -5.59. The van der Waals surface area contributed by atoms with E-state index in [1.165, 1.54) is 0 Å². The van der Waals surface area contributed by atoms with E-state index in [0.29, 0.717) is 0 Å². The summed E-state index contributed by atoms with van der Waals surface area (Å²) in [6, 6.07) is 0. The van der Waals surface area contributed by atoms with Gasteiger partial charge in [-0.2, -0.15) is 13.2 Å². The maximum absolute atomic E-state index is 11.6. The molecular weight excluding hydrogens is 173 g/mol. The molecule has 0 radical (unpaired) electrons. The third-order valence-corrected chi connectivity index (χ3v) is 1.02. The highest BCUT2D eigenvalue weighted by atomic mass is 19.4. The number of carbonyl (C=O) groups excluding carboxylic acids is 1. The van der Waals surface area contributed by atoms with Crippen LogP contribution in [0.4, 0.5) is 13.2 Å². The van der Waals surface area contributed by atoms with Gasteiger partial charge in [-0.15, -0.1) is 0 Å². The average molecular weight is 182 g/mol. The molecule has 0 aromatic heterocycles. The molecule has 0 saturated heterocycles. The van der Waals surface area contributed by atoms with Gasteiger partial charge in [0.1, 0.15) is 0 Å². The standard InChI is InChI=1S/C7H9F3O2/c1-3-12-5(2)4-6(11)7(8,9)10/h2-4H2,1H3. The SMILES string of the molecule is C=C(CC(=O)C(F)(F)F)OCC. The van der Waals surface area contributed by atoms with Gasteiger partial charge >= 0.3 is 6.18 Å². The number of ether oxygens (including phenoxy) is 1. The van der Waals surface area contributed by atoms with Gasteiger partial charge in [0.05, 0.1) is 18.8 Å². The molecule has 70 valence electrons. The van der Waals surface area contributed by atoms with Crippen molar-refractivity contribution in [2.75, 3.05) is 6.61 Å². The summed E-state index contributed by atoms with van der Waals surface area (Å²) < 4.78 is 39.4. The number of hydrogen-bond donors (Lipinski definition) is 0. The molecule has 0 spiro atoms. The Morgan fingerprint density at radius 1 is 1.50 bits per heavy atom. The largest absolute Gasteiger partial charge is 0.498 e. The van der Waals surface area contributed by atoms with E-state index in [-0.39, 0.29) is 12.4 Å². The summed E-state index contributed by atoms with van der Waals surface area (Å²) in [5, 5.41) is 0. The van der Waals surface area contributed by atoms with Crippen molar-refractivity contribution in [3.8, 4) is 0 Å². The normalized spacial score (nSPS) is 11.0. The molecular formula is C7H9F3O2. The van der Waals surface area contributed by atoms with Gasteiger partial charge in [0, 0.05) is 0 Å². The number of halogens is 3. The first-order valence-electron chi connectivity index (χ1n) is 3.28. The summed E-state index contributed by atoms with van der Waals surface area (Å²) in [4.78, 5) is 10.3. The van der Waals surface area contributed by atoms with Gasteiger partial charge in [-0.1, -0.05) is 6.58 Å². The molecule has 0 fully saturated rings. The second-order valence-electron chi connectivity index (χ2n) is 2.07. The van der Waals surface area contributed by atoms with E-state index in [9.17, 15) is 18.0 Å². The molecule has 0 unspecified atom stereocenters. The molecule has 12 heavy (non-hydrogen) atoms. The van der Waals surface area contributed by atoms with Gasteiger partial charge in [-0.05, 0) is 6.92 Å². The van der Waals surface area contributed by atoms with Gasteiger partial charge in [0.25, 0.3) is 0 Å². The maximum atomic E-state index is 11.6. The monoisotopic (exact) mass is 182 g/mol. The number of Topliss-reactive ketones (excluding diaryl/α,β-unsaturated/α-hetero) is 1. The number of carbonyl (C=O) groups is 1. The molecule has 0 aromatic carbocycles. The Bertz CT molecular complexity index is 184. The highest BCUT2D eigenvalue weighted by Gasteiger charge is 2.38. The van der Waals surface area contributed by atoms with Gasteiger partial charge in [0.2, 0.25) is 5.78 Å². The molecule has 0 aliphatic carbocycles. The minimum Gasteiger partial charge on any atom is -0.498 e. The predicted molar refractivity (Wildman–Crippen MR) is 36.4 cm³/mol. The van der Waals surface area contributed by atoms with Crippen LogP contribution in [0.25, 0.3) is 0 Å². The first-order chi connectivity index (χ1) is 5.38. The fourth-order valence-corrected chi connectivity index (χ4v) is 0.534. The lowest BCUT2D eigenvalue weighted by molar-refractivity contribution is -0.170. The van der Waals surface area contributed by atoms with Crippen LogP contribution >= 0.6 is 0 Å². The summed E-state index contributed by atoms with van der Waals surface area (Å²) in [5.74, 6) is -1.99. The van der Waals surface area contributed by atoms with Crippen LogP contribution in [0.2, 0.25) is 0 Å². The van der Waals surface area contributed by atoms with E-state index in [2.05, 4.69) is 11.3 Å². The van der Waals surface area contributed by atoms with Gasteiger partial charge in [-0.3, -0.25) is 4.79 Å². The number of ketones is 1. The van der Waals surface area contributed by atoms with Crippen LogP contribution in [0.1, 0.15) is 13.3 Å². The van der Waals surface area contributed by atoms with E-state index in [1.54, 1.807) is 6.92 Å². The number of hydrogen-bond acceptors (Lipinski definition) is 2. The van der Waals surface area contributed by atoms with Crippen LogP contribution < -0.4 is 0 Å². The second kappa shape index (κ2) is 4.13. The van der Waals surface area contributed by atoms with Crippen molar-refractivity contribution in [2.45, 2.75) is 19.5 Å². The topological polar surface area (TPSA) is 26.3 Å². The van der Waals surface area contributed by atoms with E-state index >= 15 is 0 Å². The van der Waals surface area contributed by atoms with Crippen molar-refractivity contribution in [3.05, 3.63) is 12.3 Å². The molecule has 0 aliphatic rings. The van der Waals surface area contributed by atoms with Crippen LogP contribution in [0, 0.1) is 0 Å². The predicted octanol–water partition coefficient (Wildman–Crippen LogP) is 2.06. The smallest absolute Gasteiger partial charge is 0.450 e. The van der Waals surface area contributed by atoms with Crippen LogP contribution in [-0.2, 0) is 9.53 Å². The van der Waals surface area contributed by atoms with E-state index in [0.717, 1.165) is 0 Å². The van der Waals surface area contributed by atoms with Crippen molar-refractivity contribution in [1.29, 1.82) is 0 Å². The number of alkyl halides is 3. The number of rotatable bonds is 4. The first kappa shape index (κ1) is 11.0. The quantitative estimate of drug-likeness (QED) is 0.622. The summed E-state index contributed by atoms with van der Waals surface area (Å²) >= 11 is 0. The van der Waals surface area contributed by atoms with Crippen LogP contribution in [0.15, 0.2) is 12.3 Å². The van der Waals surface area contributed by atoms with Crippen molar-refractivity contribution in [1.82, 2.24) is 0 Å². The molecule has 0 aromatic rings. The van der Waals surface area contributed by atoms with Crippen molar-refractivity contribution >= 4 is 5.78 Å². The Morgan fingerprint density at radius 2 is 2.00 bits per heavy atom. The molecule has 0 heterocycles. The second-order valence-corrected chi connectivity index (χ2v) is 2.07. The minimum absolute atomic E-state index is 0.153. The van der Waals surface area contributed by atoms with Crippen LogP contribution in [0.5, 0.6) is 0 Å². The summed E-state index contributed by atoms with van der Waals surface area (Å²) in [7, 11) is 0. The maximum Gasteiger partial charge on any atom is 0.450 e. The van der Waals surface area contributed by atoms with Gasteiger partial charge in [-0.25, -0.2) is 0 Å². The third kappa shape index (κ3) is 4.00. The third-order valence-electron chi connectivity index (χ3n) is 1.02. The van der Waals surface area contributed by atoms with Crippen molar-refractivity contribution in [3.63, 3.8) is 0 Å². The molecule has 0 N–H and O–H groups in total. The minimum atomic E-state index is -4.79. The zero-order chi connectivity index (χ0) is 9.78. The fraction of sp³-hybridized carbons (Fsp3) is 0.571. The zero-order valence-electron chi connectivity index (χ0n) is 6.57. The van der Waals surface area contributed by atoms with Crippen molar-refractivity contribution < 1.29 is 22.7 Å². The molecule has 5 heteroatoms. The first-order valence-corrected chi connectivity index (χ1v) is 3.28. The fourth-order valence-electron chi connectivity index (χ4n) is 0.534. The van der Waals surface area contributed by atoms with Gasteiger partial charge < -0.3 is 4.74 Å².